The summed E-state index contributed by atoms with van der Waals surface area (Å²) >= 11 is 0. The molecule has 0 aliphatic heterocycles. The number of nitrogens with zero attached hydrogens (tertiary/aromatic N) is 3. The SMILES string of the molecule is c1ccc(-c2ccc(-c3ccc(-c4nc(-c5ccccc5)nc(-c5ccc6c(c5)-c5cccc7cccc-6c57)n4)c4c3oc3ccccc34)cc2)cc1. The molecule has 0 fully saturated rings. The van der Waals surface area contributed by atoms with Gasteiger partial charge in [-0.15, -0.1) is 0 Å². The number of rotatable bonds is 5. The molecule has 4 heteroatoms. The predicted octanol–water partition coefficient (Wildman–Crippen LogP) is 12.9. The number of aromatic nitrogens is 3. The third-order valence-corrected chi connectivity index (χ3v) is 10.5. The Balaban J connectivity index is 1.11. The van der Waals surface area contributed by atoms with Crippen LogP contribution in [0.5, 0.6) is 0 Å². The molecule has 2 aromatic heterocycles. The monoisotopic (exact) mass is 675 g/mol. The van der Waals surface area contributed by atoms with Crippen molar-refractivity contribution < 1.29 is 4.42 Å². The summed E-state index contributed by atoms with van der Waals surface area (Å²) in [6.07, 6.45) is 0. The average molecular weight is 676 g/mol. The Kier molecular flexibility index (Phi) is 6.52. The van der Waals surface area contributed by atoms with Crippen molar-refractivity contribution in [2.75, 3.05) is 0 Å². The standard InChI is InChI=1S/C49H29N3O/c1-3-11-30(12-4-1)31-21-23-32(24-22-31)36-27-28-41(45-40-17-7-8-20-43(40)53-46(36)45)49-51-47(34-13-5-2-6-14-34)50-48(52-49)35-25-26-37-38-18-9-15-33-16-10-19-39(44(33)38)42(37)29-35/h1-29H. The summed E-state index contributed by atoms with van der Waals surface area (Å²) in [5, 5.41) is 4.55. The topological polar surface area (TPSA) is 51.8 Å². The van der Waals surface area contributed by atoms with Crippen LogP contribution in [0.1, 0.15) is 0 Å². The lowest BCUT2D eigenvalue weighted by Crippen LogP contribution is -2.00. The Morgan fingerprint density at radius 3 is 1.66 bits per heavy atom. The Labute approximate surface area is 305 Å². The molecule has 2 heterocycles. The Hall–Kier alpha value is -7.17. The molecule has 246 valence electrons. The number of para-hydroxylation sites is 1. The second-order valence-corrected chi connectivity index (χ2v) is 13.5. The first-order valence-corrected chi connectivity index (χ1v) is 17.9. The maximum absolute atomic E-state index is 6.68. The van der Waals surface area contributed by atoms with Gasteiger partial charge in [-0.1, -0.05) is 152 Å². The summed E-state index contributed by atoms with van der Waals surface area (Å²) in [4.78, 5) is 15.5. The summed E-state index contributed by atoms with van der Waals surface area (Å²) in [7, 11) is 0. The highest BCUT2D eigenvalue weighted by Gasteiger charge is 2.24. The van der Waals surface area contributed by atoms with Crippen molar-refractivity contribution in [2.24, 2.45) is 0 Å². The molecule has 0 saturated heterocycles. The third-order valence-electron chi connectivity index (χ3n) is 10.5. The summed E-state index contributed by atoms with van der Waals surface area (Å²) in [6, 6.07) is 61.4. The third kappa shape index (κ3) is 4.73. The number of furan rings is 1. The molecule has 1 aliphatic rings. The first-order chi connectivity index (χ1) is 26.3. The van der Waals surface area contributed by atoms with E-state index in [9.17, 15) is 0 Å². The Morgan fingerprint density at radius 2 is 0.887 bits per heavy atom. The van der Waals surface area contributed by atoms with Crippen LogP contribution in [0, 0.1) is 0 Å². The number of hydrogen-bond donors (Lipinski definition) is 0. The molecule has 10 aromatic rings. The molecule has 0 radical (unpaired) electrons. The molecule has 11 rings (SSSR count). The van der Waals surface area contributed by atoms with E-state index >= 15 is 0 Å². The van der Waals surface area contributed by atoms with E-state index in [1.165, 1.54) is 44.2 Å². The molecule has 53 heavy (non-hydrogen) atoms. The van der Waals surface area contributed by atoms with Gasteiger partial charge in [-0.2, -0.15) is 0 Å². The van der Waals surface area contributed by atoms with Gasteiger partial charge in [0.2, 0.25) is 0 Å². The zero-order valence-corrected chi connectivity index (χ0v) is 28.5. The quantitative estimate of drug-likeness (QED) is 0.182. The molecule has 0 bridgehead atoms. The van der Waals surface area contributed by atoms with Crippen LogP contribution in [0.2, 0.25) is 0 Å². The second kappa shape index (κ2) is 11.7. The minimum atomic E-state index is 0.599. The maximum Gasteiger partial charge on any atom is 0.164 e. The summed E-state index contributed by atoms with van der Waals surface area (Å²) < 4.78 is 6.68. The van der Waals surface area contributed by atoms with Gasteiger partial charge in [-0.3, -0.25) is 0 Å². The number of fused-ring (bicyclic) bond motifs is 6. The summed E-state index contributed by atoms with van der Waals surface area (Å²) in [5.74, 6) is 1.85. The molecule has 0 saturated carbocycles. The summed E-state index contributed by atoms with van der Waals surface area (Å²) in [6.45, 7) is 0. The van der Waals surface area contributed by atoms with E-state index in [0.29, 0.717) is 17.5 Å². The van der Waals surface area contributed by atoms with Gasteiger partial charge in [-0.05, 0) is 74.0 Å². The first kappa shape index (κ1) is 29.5. The highest BCUT2D eigenvalue weighted by molar-refractivity contribution is 6.17. The molecule has 0 atom stereocenters. The Morgan fingerprint density at radius 1 is 0.321 bits per heavy atom. The van der Waals surface area contributed by atoms with Crippen molar-refractivity contribution in [3.63, 3.8) is 0 Å². The van der Waals surface area contributed by atoms with Gasteiger partial charge in [0, 0.05) is 33.0 Å². The van der Waals surface area contributed by atoms with E-state index in [1.54, 1.807) is 0 Å². The minimum Gasteiger partial charge on any atom is -0.455 e. The van der Waals surface area contributed by atoms with Crippen LogP contribution >= 0.6 is 0 Å². The average Bonchev–Trinajstić information content (AvgIpc) is 3.78. The van der Waals surface area contributed by atoms with E-state index in [1.807, 2.05) is 48.5 Å². The second-order valence-electron chi connectivity index (χ2n) is 13.5. The molecule has 0 amide bonds. The van der Waals surface area contributed by atoms with Gasteiger partial charge in [0.15, 0.2) is 17.5 Å². The lowest BCUT2D eigenvalue weighted by atomic mass is 9.96. The van der Waals surface area contributed by atoms with Crippen LogP contribution in [-0.2, 0) is 0 Å². The molecule has 0 spiro atoms. The number of hydrogen-bond acceptors (Lipinski definition) is 4. The van der Waals surface area contributed by atoms with Crippen molar-refractivity contribution in [3.05, 3.63) is 176 Å². The molecule has 8 aromatic carbocycles. The lowest BCUT2D eigenvalue weighted by Gasteiger charge is -2.12. The van der Waals surface area contributed by atoms with Crippen LogP contribution < -0.4 is 0 Å². The fourth-order valence-corrected chi connectivity index (χ4v) is 7.99. The molecule has 1 aliphatic carbocycles. The molecule has 4 nitrogen and oxygen atoms in total. The maximum atomic E-state index is 6.68. The van der Waals surface area contributed by atoms with Gasteiger partial charge in [0.25, 0.3) is 0 Å². The van der Waals surface area contributed by atoms with Crippen LogP contribution in [0.4, 0.5) is 0 Å². The Bertz CT molecular complexity index is 3030. The molecule has 0 N–H and O–H groups in total. The fraction of sp³-hybridized carbons (Fsp3) is 0. The zero-order chi connectivity index (χ0) is 34.9. The lowest BCUT2D eigenvalue weighted by molar-refractivity contribution is 0.670. The van der Waals surface area contributed by atoms with Crippen LogP contribution in [0.3, 0.4) is 0 Å². The normalized spacial score (nSPS) is 11.8. The van der Waals surface area contributed by atoms with E-state index in [4.69, 9.17) is 19.4 Å². The predicted molar refractivity (Wildman–Crippen MR) is 216 cm³/mol. The number of benzene rings is 8. The summed E-state index contributed by atoms with van der Waals surface area (Å²) in [5.41, 5.74) is 13.8. The van der Waals surface area contributed by atoms with Gasteiger partial charge in [0.05, 0.1) is 0 Å². The van der Waals surface area contributed by atoms with Gasteiger partial charge >= 0.3 is 0 Å². The smallest absolute Gasteiger partial charge is 0.164 e. The van der Waals surface area contributed by atoms with Gasteiger partial charge in [-0.25, -0.2) is 15.0 Å². The van der Waals surface area contributed by atoms with E-state index in [0.717, 1.165) is 49.8 Å². The van der Waals surface area contributed by atoms with Crippen LogP contribution in [-0.4, -0.2) is 15.0 Å². The first-order valence-electron chi connectivity index (χ1n) is 17.9. The molecular weight excluding hydrogens is 647 g/mol. The van der Waals surface area contributed by atoms with Crippen LogP contribution in [0.25, 0.3) is 111 Å². The van der Waals surface area contributed by atoms with Crippen molar-refractivity contribution in [1.82, 2.24) is 15.0 Å². The van der Waals surface area contributed by atoms with Crippen molar-refractivity contribution in [1.29, 1.82) is 0 Å². The van der Waals surface area contributed by atoms with E-state index in [2.05, 4.69) is 127 Å². The zero-order valence-electron chi connectivity index (χ0n) is 28.5. The van der Waals surface area contributed by atoms with Gasteiger partial charge in [0.1, 0.15) is 11.2 Å². The molecular formula is C49H29N3O. The van der Waals surface area contributed by atoms with Gasteiger partial charge < -0.3 is 4.42 Å². The van der Waals surface area contributed by atoms with E-state index in [-0.39, 0.29) is 0 Å². The highest BCUT2D eigenvalue weighted by atomic mass is 16.3. The molecule has 0 unspecified atom stereocenters. The van der Waals surface area contributed by atoms with E-state index < -0.39 is 0 Å². The fourth-order valence-electron chi connectivity index (χ4n) is 7.99. The van der Waals surface area contributed by atoms with Crippen molar-refractivity contribution >= 4 is 32.7 Å². The minimum absolute atomic E-state index is 0.599. The van der Waals surface area contributed by atoms with Crippen LogP contribution in [0.15, 0.2) is 180 Å². The highest BCUT2D eigenvalue weighted by Crippen LogP contribution is 2.48. The largest absolute Gasteiger partial charge is 0.455 e. The van der Waals surface area contributed by atoms with Crippen molar-refractivity contribution in [3.8, 4) is 78.7 Å². The van der Waals surface area contributed by atoms with Crippen molar-refractivity contribution in [2.45, 2.75) is 0 Å².